The number of hydrogen-bond acceptors (Lipinski definition) is 5. The van der Waals surface area contributed by atoms with Crippen molar-refractivity contribution in [1.82, 2.24) is 19.7 Å². The molecular weight excluding hydrogens is 228 g/mol. The van der Waals surface area contributed by atoms with Crippen molar-refractivity contribution in [2.75, 3.05) is 23.7 Å². The SMILES string of the molecule is CCNc1nccc(NCCc2cnn(C)c2)n1. The average Bonchev–Trinajstić information content (AvgIpc) is 2.76. The molecule has 2 aromatic heterocycles. The first-order chi connectivity index (χ1) is 8.78. The molecule has 0 amide bonds. The Hall–Kier alpha value is -2.11. The van der Waals surface area contributed by atoms with Crippen LogP contribution >= 0.6 is 0 Å². The topological polar surface area (TPSA) is 67.7 Å². The number of nitrogens with one attached hydrogen (secondary N) is 2. The summed E-state index contributed by atoms with van der Waals surface area (Å²) in [6.07, 6.45) is 6.57. The van der Waals surface area contributed by atoms with E-state index >= 15 is 0 Å². The fourth-order valence-electron chi connectivity index (χ4n) is 1.64. The number of anilines is 2. The molecule has 0 aliphatic heterocycles. The second kappa shape index (κ2) is 6.00. The lowest BCUT2D eigenvalue weighted by atomic mass is 10.2. The zero-order valence-electron chi connectivity index (χ0n) is 10.7. The van der Waals surface area contributed by atoms with E-state index in [1.54, 1.807) is 6.20 Å². The molecule has 96 valence electrons. The normalized spacial score (nSPS) is 10.3. The van der Waals surface area contributed by atoms with Gasteiger partial charge < -0.3 is 10.6 Å². The minimum absolute atomic E-state index is 0.656. The molecule has 2 N–H and O–H groups in total. The number of hydrogen-bond donors (Lipinski definition) is 2. The van der Waals surface area contributed by atoms with Crippen molar-refractivity contribution in [2.45, 2.75) is 13.3 Å². The predicted molar refractivity (Wildman–Crippen MR) is 71.6 cm³/mol. The fourth-order valence-corrected chi connectivity index (χ4v) is 1.64. The Morgan fingerprint density at radius 1 is 1.33 bits per heavy atom. The Balaban J connectivity index is 1.84. The predicted octanol–water partition coefficient (Wildman–Crippen LogP) is 1.30. The lowest BCUT2D eigenvalue weighted by Gasteiger charge is -2.06. The summed E-state index contributed by atoms with van der Waals surface area (Å²) < 4.78 is 1.81. The minimum Gasteiger partial charge on any atom is -0.370 e. The van der Waals surface area contributed by atoms with Gasteiger partial charge in [0.25, 0.3) is 0 Å². The standard InChI is InChI=1S/C12H18N6/c1-3-13-12-15-7-5-11(17-12)14-6-4-10-8-16-18(2)9-10/h5,7-9H,3-4,6H2,1-2H3,(H2,13,14,15,17). The third kappa shape index (κ3) is 3.44. The molecule has 0 atom stereocenters. The summed E-state index contributed by atoms with van der Waals surface area (Å²) in [6.45, 7) is 3.67. The molecule has 0 fully saturated rings. The first-order valence-electron chi connectivity index (χ1n) is 6.06. The zero-order valence-corrected chi connectivity index (χ0v) is 10.7. The van der Waals surface area contributed by atoms with Gasteiger partial charge in [-0.3, -0.25) is 4.68 Å². The third-order valence-corrected chi connectivity index (χ3v) is 2.47. The van der Waals surface area contributed by atoms with Crippen molar-refractivity contribution in [3.8, 4) is 0 Å². The van der Waals surface area contributed by atoms with E-state index < -0.39 is 0 Å². The highest BCUT2D eigenvalue weighted by molar-refractivity contribution is 5.39. The van der Waals surface area contributed by atoms with E-state index in [0.717, 1.165) is 25.3 Å². The van der Waals surface area contributed by atoms with Crippen molar-refractivity contribution in [3.63, 3.8) is 0 Å². The van der Waals surface area contributed by atoms with Crippen LogP contribution in [-0.2, 0) is 13.5 Å². The molecule has 2 rings (SSSR count). The summed E-state index contributed by atoms with van der Waals surface area (Å²) in [7, 11) is 1.92. The molecule has 6 nitrogen and oxygen atoms in total. The molecular formula is C12H18N6. The van der Waals surface area contributed by atoms with Gasteiger partial charge in [-0.1, -0.05) is 0 Å². The molecule has 0 aliphatic rings. The van der Waals surface area contributed by atoms with Gasteiger partial charge in [-0.05, 0) is 25.0 Å². The van der Waals surface area contributed by atoms with Gasteiger partial charge in [0.15, 0.2) is 0 Å². The molecule has 0 aliphatic carbocycles. The van der Waals surface area contributed by atoms with E-state index in [-0.39, 0.29) is 0 Å². The largest absolute Gasteiger partial charge is 0.370 e. The Kier molecular flexibility index (Phi) is 4.11. The van der Waals surface area contributed by atoms with E-state index in [9.17, 15) is 0 Å². The smallest absolute Gasteiger partial charge is 0.224 e. The maximum Gasteiger partial charge on any atom is 0.224 e. The van der Waals surface area contributed by atoms with Crippen LogP contribution in [0, 0.1) is 0 Å². The number of rotatable bonds is 6. The van der Waals surface area contributed by atoms with E-state index in [2.05, 4.69) is 25.7 Å². The van der Waals surface area contributed by atoms with E-state index in [1.165, 1.54) is 5.56 Å². The van der Waals surface area contributed by atoms with Crippen molar-refractivity contribution < 1.29 is 0 Å². The van der Waals surface area contributed by atoms with Gasteiger partial charge in [0.1, 0.15) is 5.82 Å². The first-order valence-corrected chi connectivity index (χ1v) is 6.06. The summed E-state index contributed by atoms with van der Waals surface area (Å²) in [5.74, 6) is 1.49. The zero-order chi connectivity index (χ0) is 12.8. The van der Waals surface area contributed by atoms with E-state index in [1.807, 2.05) is 37.1 Å². The van der Waals surface area contributed by atoms with Crippen molar-refractivity contribution >= 4 is 11.8 Å². The van der Waals surface area contributed by atoms with Crippen LogP contribution in [-0.4, -0.2) is 32.8 Å². The molecule has 0 saturated heterocycles. The monoisotopic (exact) mass is 246 g/mol. The van der Waals surface area contributed by atoms with Crippen molar-refractivity contribution in [2.24, 2.45) is 7.05 Å². The lowest BCUT2D eigenvalue weighted by molar-refractivity contribution is 0.767. The molecule has 0 bridgehead atoms. The van der Waals surface area contributed by atoms with Gasteiger partial charge in [-0.15, -0.1) is 0 Å². The van der Waals surface area contributed by atoms with Crippen LogP contribution in [0.1, 0.15) is 12.5 Å². The number of aromatic nitrogens is 4. The van der Waals surface area contributed by atoms with Gasteiger partial charge >= 0.3 is 0 Å². The molecule has 2 aromatic rings. The molecule has 0 unspecified atom stereocenters. The molecule has 18 heavy (non-hydrogen) atoms. The van der Waals surface area contributed by atoms with Crippen LogP contribution < -0.4 is 10.6 Å². The molecule has 0 spiro atoms. The second-order valence-electron chi connectivity index (χ2n) is 3.99. The maximum absolute atomic E-state index is 4.34. The Morgan fingerprint density at radius 2 is 2.22 bits per heavy atom. The van der Waals surface area contributed by atoms with Crippen molar-refractivity contribution in [1.29, 1.82) is 0 Å². The molecule has 0 radical (unpaired) electrons. The quantitative estimate of drug-likeness (QED) is 0.804. The molecule has 2 heterocycles. The van der Waals surface area contributed by atoms with Gasteiger partial charge in [-0.25, -0.2) is 4.98 Å². The Bertz CT molecular complexity index is 493. The van der Waals surface area contributed by atoms with Gasteiger partial charge in [-0.2, -0.15) is 10.1 Å². The summed E-state index contributed by atoms with van der Waals surface area (Å²) in [5.41, 5.74) is 1.21. The maximum atomic E-state index is 4.34. The van der Waals surface area contributed by atoms with E-state index in [0.29, 0.717) is 5.95 Å². The van der Waals surface area contributed by atoms with Crippen LogP contribution in [0.3, 0.4) is 0 Å². The molecule has 0 aromatic carbocycles. The van der Waals surface area contributed by atoms with E-state index in [4.69, 9.17) is 0 Å². The summed E-state index contributed by atoms with van der Waals surface area (Å²) in [4.78, 5) is 8.47. The van der Waals surface area contributed by atoms with Gasteiger partial charge in [0.05, 0.1) is 6.20 Å². The summed E-state index contributed by atoms with van der Waals surface area (Å²) >= 11 is 0. The lowest BCUT2D eigenvalue weighted by Crippen LogP contribution is -2.08. The highest BCUT2D eigenvalue weighted by Crippen LogP contribution is 2.06. The summed E-state index contributed by atoms with van der Waals surface area (Å²) in [6, 6.07) is 1.87. The fraction of sp³-hybridized carbons (Fsp3) is 0.417. The Morgan fingerprint density at radius 3 is 2.94 bits per heavy atom. The molecule has 0 saturated carbocycles. The minimum atomic E-state index is 0.656. The molecule has 6 heteroatoms. The first kappa shape index (κ1) is 12.3. The highest BCUT2D eigenvalue weighted by Gasteiger charge is 1.99. The van der Waals surface area contributed by atoms with Gasteiger partial charge in [0.2, 0.25) is 5.95 Å². The van der Waals surface area contributed by atoms with Gasteiger partial charge in [0, 0.05) is 32.5 Å². The van der Waals surface area contributed by atoms with Crippen LogP contribution in [0.15, 0.2) is 24.7 Å². The average molecular weight is 246 g/mol. The van der Waals surface area contributed by atoms with Crippen molar-refractivity contribution in [3.05, 3.63) is 30.2 Å². The van der Waals surface area contributed by atoms with Crippen LogP contribution in [0.5, 0.6) is 0 Å². The second-order valence-corrected chi connectivity index (χ2v) is 3.99. The van der Waals surface area contributed by atoms with Crippen LogP contribution in [0.2, 0.25) is 0 Å². The Labute approximate surface area is 106 Å². The van der Waals surface area contributed by atoms with Crippen LogP contribution in [0.25, 0.3) is 0 Å². The third-order valence-electron chi connectivity index (χ3n) is 2.47. The number of aryl methyl sites for hydroxylation is 1. The number of nitrogens with zero attached hydrogens (tertiary/aromatic N) is 4. The highest BCUT2D eigenvalue weighted by atomic mass is 15.2. The van der Waals surface area contributed by atoms with Crippen LogP contribution in [0.4, 0.5) is 11.8 Å². The summed E-state index contributed by atoms with van der Waals surface area (Å²) in [5, 5.41) is 10.5.